The summed E-state index contributed by atoms with van der Waals surface area (Å²) in [5.74, 6) is 0. The molecule has 11 aromatic carbocycles. The third-order valence-electron chi connectivity index (χ3n) is 13.0. The van der Waals surface area contributed by atoms with Gasteiger partial charge in [-0.25, -0.2) is 0 Å². The summed E-state index contributed by atoms with van der Waals surface area (Å²) in [6.45, 7) is 0. The Balaban J connectivity index is 0.933. The monoisotopic (exact) mass is 855 g/mol. The minimum Gasteiger partial charge on any atom is -0.311 e. The highest BCUT2D eigenvalue weighted by Gasteiger charge is 2.31. The molecule has 0 bridgehead atoms. The Labute approximate surface area is 392 Å². The van der Waals surface area contributed by atoms with Crippen molar-refractivity contribution in [3.63, 3.8) is 0 Å². The molecule has 12 rings (SSSR count). The van der Waals surface area contributed by atoms with Crippen molar-refractivity contribution in [3.8, 4) is 44.5 Å². The molecule has 11 aromatic rings. The number of benzene rings is 11. The zero-order chi connectivity index (χ0) is 44.5. The first-order valence-electron chi connectivity index (χ1n) is 22.9. The third kappa shape index (κ3) is 7.49. The second-order valence-corrected chi connectivity index (χ2v) is 17.0. The van der Waals surface area contributed by atoms with Crippen molar-refractivity contribution in [1.82, 2.24) is 0 Å². The first-order valence-corrected chi connectivity index (χ1v) is 22.9. The zero-order valence-electron chi connectivity index (χ0n) is 36.8. The Bertz CT molecular complexity index is 3470. The minimum atomic E-state index is 1.08. The molecule has 0 saturated heterocycles. The van der Waals surface area contributed by atoms with E-state index in [1.165, 1.54) is 44.2 Å². The van der Waals surface area contributed by atoms with Gasteiger partial charge in [-0.1, -0.05) is 194 Å². The Morgan fingerprint density at radius 1 is 0.224 bits per heavy atom. The number of anilines is 9. The molecular weight excluding hydrogens is 811 g/mol. The maximum absolute atomic E-state index is 2.45. The van der Waals surface area contributed by atoms with Crippen molar-refractivity contribution >= 4 is 62.0 Å². The fourth-order valence-electron chi connectivity index (χ4n) is 9.66. The van der Waals surface area contributed by atoms with Gasteiger partial charge in [-0.15, -0.1) is 0 Å². The first kappa shape index (κ1) is 39.7. The summed E-state index contributed by atoms with van der Waals surface area (Å²) >= 11 is 0. The first-order chi connectivity index (χ1) is 33.2. The van der Waals surface area contributed by atoms with E-state index in [0.717, 1.165) is 62.3 Å². The van der Waals surface area contributed by atoms with Crippen LogP contribution in [0.15, 0.2) is 273 Å². The molecule has 0 unspecified atom stereocenters. The summed E-state index contributed by atoms with van der Waals surface area (Å²) < 4.78 is 0. The summed E-state index contributed by atoms with van der Waals surface area (Å²) in [7, 11) is 0. The van der Waals surface area contributed by atoms with Crippen LogP contribution in [0, 0.1) is 0 Å². The van der Waals surface area contributed by atoms with E-state index in [1.807, 2.05) is 0 Å². The Hall–Kier alpha value is -8.92. The number of hydrogen-bond acceptors (Lipinski definition) is 3. The van der Waals surface area contributed by atoms with Gasteiger partial charge in [0, 0.05) is 28.1 Å². The standard InChI is InChI=1S/C64H45N3/c1-4-15-46(16-5-1)48-27-29-49(30-28-48)51-33-40-57(41-34-51)65(56-38-31-50(32-39-56)47-17-6-2-7-18-47)58-42-35-52(36-43-58)54-37-44-63-64(45-54)67(60-26-14-20-53-19-10-11-23-59(53)60)62-25-13-12-24-61(62)66(63)55-21-8-3-9-22-55/h1-45H. The molecule has 1 heterocycles. The van der Waals surface area contributed by atoms with E-state index in [2.05, 4.69) is 288 Å². The average Bonchev–Trinajstić information content (AvgIpc) is 3.41. The molecule has 0 aliphatic carbocycles. The fourth-order valence-corrected chi connectivity index (χ4v) is 9.66. The van der Waals surface area contributed by atoms with Crippen molar-refractivity contribution in [1.29, 1.82) is 0 Å². The third-order valence-corrected chi connectivity index (χ3v) is 13.0. The van der Waals surface area contributed by atoms with Crippen LogP contribution in [0.2, 0.25) is 0 Å². The number of fused-ring (bicyclic) bond motifs is 3. The zero-order valence-corrected chi connectivity index (χ0v) is 36.8. The Morgan fingerprint density at radius 3 is 1.12 bits per heavy atom. The van der Waals surface area contributed by atoms with Gasteiger partial charge in [0.25, 0.3) is 0 Å². The molecule has 0 atom stereocenters. The van der Waals surface area contributed by atoms with Crippen molar-refractivity contribution in [2.45, 2.75) is 0 Å². The molecule has 0 fully saturated rings. The van der Waals surface area contributed by atoms with Crippen molar-refractivity contribution < 1.29 is 0 Å². The fraction of sp³-hybridized carbons (Fsp3) is 0. The van der Waals surface area contributed by atoms with E-state index < -0.39 is 0 Å². The Morgan fingerprint density at radius 2 is 0.582 bits per heavy atom. The molecular formula is C64H45N3. The molecule has 316 valence electrons. The van der Waals surface area contributed by atoms with Crippen LogP contribution < -0.4 is 14.7 Å². The van der Waals surface area contributed by atoms with Crippen LogP contribution in [-0.2, 0) is 0 Å². The molecule has 3 nitrogen and oxygen atoms in total. The topological polar surface area (TPSA) is 9.72 Å². The second-order valence-electron chi connectivity index (χ2n) is 17.0. The lowest BCUT2D eigenvalue weighted by Crippen LogP contribution is -2.24. The van der Waals surface area contributed by atoms with Crippen molar-refractivity contribution in [3.05, 3.63) is 273 Å². The van der Waals surface area contributed by atoms with Crippen LogP contribution in [0.5, 0.6) is 0 Å². The molecule has 0 N–H and O–H groups in total. The van der Waals surface area contributed by atoms with Gasteiger partial charge in [0.15, 0.2) is 0 Å². The van der Waals surface area contributed by atoms with E-state index in [0.29, 0.717) is 0 Å². The van der Waals surface area contributed by atoms with Crippen molar-refractivity contribution in [2.75, 3.05) is 14.7 Å². The summed E-state index contributed by atoms with van der Waals surface area (Å²) in [4.78, 5) is 7.20. The van der Waals surface area contributed by atoms with Crippen LogP contribution in [0.25, 0.3) is 55.3 Å². The molecule has 0 radical (unpaired) electrons. The predicted molar refractivity (Wildman–Crippen MR) is 283 cm³/mol. The number of hydrogen-bond donors (Lipinski definition) is 0. The quantitative estimate of drug-likeness (QED) is 0.143. The average molecular weight is 856 g/mol. The van der Waals surface area contributed by atoms with E-state index in [9.17, 15) is 0 Å². The van der Waals surface area contributed by atoms with Crippen LogP contribution in [0.1, 0.15) is 0 Å². The molecule has 67 heavy (non-hydrogen) atoms. The highest BCUT2D eigenvalue weighted by atomic mass is 15.3. The summed E-state index contributed by atoms with van der Waals surface area (Å²) in [5.41, 5.74) is 19.5. The van der Waals surface area contributed by atoms with E-state index >= 15 is 0 Å². The van der Waals surface area contributed by atoms with E-state index in [1.54, 1.807) is 0 Å². The molecule has 0 aromatic heterocycles. The second kappa shape index (κ2) is 17.2. The summed E-state index contributed by atoms with van der Waals surface area (Å²) in [6.07, 6.45) is 0. The molecule has 3 heteroatoms. The summed E-state index contributed by atoms with van der Waals surface area (Å²) in [6, 6.07) is 98.5. The molecule has 0 spiro atoms. The SMILES string of the molecule is c1ccc(-c2ccc(-c3ccc(N(c4ccc(-c5ccccc5)cc4)c4ccc(-c5ccc6c(c5)N(c5cccc7ccccc57)c5ccccc5N6c5ccccc5)cc4)cc3)cc2)cc1. The van der Waals surface area contributed by atoms with Gasteiger partial charge < -0.3 is 14.7 Å². The van der Waals surface area contributed by atoms with Gasteiger partial charge in [-0.3, -0.25) is 0 Å². The Kier molecular flexibility index (Phi) is 10.2. The lowest BCUT2D eigenvalue weighted by atomic mass is 9.98. The maximum atomic E-state index is 2.45. The maximum Gasteiger partial charge on any atom is 0.0709 e. The van der Waals surface area contributed by atoms with Gasteiger partial charge in [0.1, 0.15) is 0 Å². The van der Waals surface area contributed by atoms with Crippen LogP contribution in [0.3, 0.4) is 0 Å². The highest BCUT2D eigenvalue weighted by Crippen LogP contribution is 2.56. The van der Waals surface area contributed by atoms with Gasteiger partial charge in [0.05, 0.1) is 28.4 Å². The van der Waals surface area contributed by atoms with Gasteiger partial charge in [-0.05, 0) is 129 Å². The molecule has 1 aliphatic rings. The van der Waals surface area contributed by atoms with Crippen LogP contribution in [-0.4, -0.2) is 0 Å². The van der Waals surface area contributed by atoms with Gasteiger partial charge >= 0.3 is 0 Å². The van der Waals surface area contributed by atoms with E-state index in [-0.39, 0.29) is 0 Å². The highest BCUT2D eigenvalue weighted by molar-refractivity contribution is 6.07. The molecule has 0 saturated carbocycles. The molecule has 0 amide bonds. The van der Waals surface area contributed by atoms with E-state index in [4.69, 9.17) is 0 Å². The molecule has 1 aliphatic heterocycles. The lowest BCUT2D eigenvalue weighted by Gasteiger charge is -2.41. The summed E-state index contributed by atoms with van der Waals surface area (Å²) in [5, 5.41) is 2.42. The van der Waals surface area contributed by atoms with Crippen molar-refractivity contribution in [2.24, 2.45) is 0 Å². The number of rotatable bonds is 9. The number of para-hydroxylation sites is 3. The normalized spacial score (nSPS) is 11.8. The predicted octanol–water partition coefficient (Wildman–Crippen LogP) is 18.2. The number of nitrogens with zero attached hydrogens (tertiary/aromatic N) is 3. The lowest BCUT2D eigenvalue weighted by molar-refractivity contribution is 1.17. The van der Waals surface area contributed by atoms with Crippen LogP contribution in [0.4, 0.5) is 51.2 Å². The van der Waals surface area contributed by atoms with Gasteiger partial charge in [-0.2, -0.15) is 0 Å². The van der Waals surface area contributed by atoms with Crippen LogP contribution >= 0.6 is 0 Å². The smallest absolute Gasteiger partial charge is 0.0709 e. The minimum absolute atomic E-state index is 1.08. The largest absolute Gasteiger partial charge is 0.311 e. The van der Waals surface area contributed by atoms with Gasteiger partial charge in [0.2, 0.25) is 0 Å².